The molecule has 2 rings (SSSR count). The number of nitrogens with zero attached hydrogens (tertiary/aromatic N) is 1. The average molecular weight is 374 g/mol. The normalized spacial score (nSPS) is 10.7. The van der Waals surface area contributed by atoms with Gasteiger partial charge in [-0.15, -0.1) is 0 Å². The molecule has 2 N–H and O–H groups in total. The molecule has 0 radical (unpaired) electrons. The highest BCUT2D eigenvalue weighted by Crippen LogP contribution is 2.22. The molecular formula is C20H24ClN3O2. The number of carbonyl (C=O) groups excluding carboxylic acids is 2. The third-order valence-electron chi connectivity index (χ3n) is 3.97. The van der Waals surface area contributed by atoms with Gasteiger partial charge in [0.25, 0.3) is 0 Å². The van der Waals surface area contributed by atoms with Gasteiger partial charge in [-0.05, 0) is 44.2 Å². The second-order valence-corrected chi connectivity index (χ2v) is 6.80. The van der Waals surface area contributed by atoms with Crippen molar-refractivity contribution in [2.24, 2.45) is 0 Å². The highest BCUT2D eigenvalue weighted by Gasteiger charge is 2.10. The largest absolute Gasteiger partial charge is 0.346 e. The Morgan fingerprint density at radius 2 is 1.73 bits per heavy atom. The molecule has 0 aliphatic heterocycles. The zero-order valence-corrected chi connectivity index (χ0v) is 16.1. The maximum Gasteiger partial charge on any atom is 0.243 e. The minimum atomic E-state index is -0.287. The number of carbonyl (C=O) groups is 2. The van der Waals surface area contributed by atoms with Gasteiger partial charge < -0.3 is 10.6 Å². The van der Waals surface area contributed by atoms with Gasteiger partial charge in [-0.1, -0.05) is 47.5 Å². The molecule has 0 aliphatic rings. The lowest BCUT2D eigenvalue weighted by Gasteiger charge is -2.16. The molecule has 0 unspecified atom stereocenters. The molecule has 138 valence electrons. The van der Waals surface area contributed by atoms with Crippen LogP contribution in [0.2, 0.25) is 5.02 Å². The maximum absolute atomic E-state index is 12.0. The van der Waals surface area contributed by atoms with Gasteiger partial charge >= 0.3 is 0 Å². The van der Waals surface area contributed by atoms with E-state index in [0.717, 1.165) is 11.1 Å². The van der Waals surface area contributed by atoms with Crippen molar-refractivity contribution >= 4 is 29.1 Å². The Morgan fingerprint density at radius 1 is 1.04 bits per heavy atom. The predicted molar refractivity (Wildman–Crippen MR) is 105 cm³/mol. The second-order valence-electron chi connectivity index (χ2n) is 6.40. The molecule has 26 heavy (non-hydrogen) atoms. The van der Waals surface area contributed by atoms with Gasteiger partial charge in [-0.3, -0.25) is 14.5 Å². The first kappa shape index (κ1) is 19.9. The third-order valence-corrected chi connectivity index (χ3v) is 4.38. The SMILES string of the molecule is Cc1ccc(CN(C)CC(=O)NCC(=O)Nc2cccc(Cl)c2C)cc1. The summed E-state index contributed by atoms with van der Waals surface area (Å²) in [6.07, 6.45) is 0. The van der Waals surface area contributed by atoms with Crippen LogP contribution in [-0.2, 0) is 16.1 Å². The minimum Gasteiger partial charge on any atom is -0.346 e. The number of likely N-dealkylation sites (N-methyl/N-ethyl adjacent to an activating group) is 1. The maximum atomic E-state index is 12.0. The first-order valence-electron chi connectivity index (χ1n) is 8.41. The summed E-state index contributed by atoms with van der Waals surface area (Å²) >= 11 is 6.03. The van der Waals surface area contributed by atoms with Crippen molar-refractivity contribution in [3.63, 3.8) is 0 Å². The number of halogens is 1. The summed E-state index contributed by atoms with van der Waals surface area (Å²) in [5.74, 6) is -0.484. The van der Waals surface area contributed by atoms with Crippen molar-refractivity contribution in [2.45, 2.75) is 20.4 Å². The molecule has 0 bridgehead atoms. The summed E-state index contributed by atoms with van der Waals surface area (Å²) in [7, 11) is 1.87. The number of rotatable bonds is 7. The monoisotopic (exact) mass is 373 g/mol. The van der Waals surface area contributed by atoms with Crippen LogP contribution >= 0.6 is 11.6 Å². The molecule has 2 amide bonds. The Bertz CT molecular complexity index is 775. The van der Waals surface area contributed by atoms with Gasteiger partial charge in [-0.2, -0.15) is 0 Å². The molecule has 6 heteroatoms. The summed E-state index contributed by atoms with van der Waals surface area (Å²) in [4.78, 5) is 25.9. The topological polar surface area (TPSA) is 61.4 Å². The van der Waals surface area contributed by atoms with Crippen molar-refractivity contribution in [2.75, 3.05) is 25.5 Å². The van der Waals surface area contributed by atoms with Crippen LogP contribution in [0.4, 0.5) is 5.69 Å². The fraction of sp³-hybridized carbons (Fsp3) is 0.300. The fourth-order valence-electron chi connectivity index (χ4n) is 2.48. The zero-order chi connectivity index (χ0) is 19.1. The molecule has 2 aromatic rings. The molecule has 0 saturated heterocycles. The minimum absolute atomic E-state index is 0.0802. The highest BCUT2D eigenvalue weighted by atomic mass is 35.5. The van der Waals surface area contributed by atoms with Crippen LogP contribution in [0.5, 0.6) is 0 Å². The third kappa shape index (κ3) is 6.17. The van der Waals surface area contributed by atoms with E-state index in [9.17, 15) is 9.59 Å². The molecule has 0 fully saturated rings. The van der Waals surface area contributed by atoms with Crippen molar-refractivity contribution in [3.8, 4) is 0 Å². The Kier molecular flexibility index (Phi) is 7.18. The lowest BCUT2D eigenvalue weighted by Crippen LogP contribution is -2.39. The van der Waals surface area contributed by atoms with Crippen LogP contribution in [-0.4, -0.2) is 36.9 Å². The van der Waals surface area contributed by atoms with E-state index in [1.54, 1.807) is 18.2 Å². The van der Waals surface area contributed by atoms with Crippen molar-refractivity contribution < 1.29 is 9.59 Å². The van der Waals surface area contributed by atoms with Crippen LogP contribution in [0.25, 0.3) is 0 Å². The fourth-order valence-corrected chi connectivity index (χ4v) is 2.65. The summed E-state index contributed by atoms with van der Waals surface area (Å²) in [5, 5.41) is 5.98. The van der Waals surface area contributed by atoms with Crippen molar-refractivity contribution in [1.82, 2.24) is 10.2 Å². The van der Waals surface area contributed by atoms with Crippen LogP contribution in [0.15, 0.2) is 42.5 Å². The number of aryl methyl sites for hydroxylation is 1. The zero-order valence-electron chi connectivity index (χ0n) is 15.3. The van der Waals surface area contributed by atoms with E-state index in [1.807, 2.05) is 50.1 Å². The Labute approximate surface area is 159 Å². The number of hydrogen-bond donors (Lipinski definition) is 2. The number of benzene rings is 2. The van der Waals surface area contributed by atoms with E-state index in [2.05, 4.69) is 10.6 Å². The smallest absolute Gasteiger partial charge is 0.243 e. The Hall–Kier alpha value is -2.37. The summed E-state index contributed by atoms with van der Waals surface area (Å²) < 4.78 is 0. The standard InChI is InChI=1S/C20H24ClN3O2/c1-14-7-9-16(10-8-14)12-24(3)13-20(26)22-11-19(25)23-18-6-4-5-17(21)15(18)2/h4-10H,11-13H2,1-3H3,(H,22,26)(H,23,25). The number of amides is 2. The van der Waals surface area contributed by atoms with E-state index in [-0.39, 0.29) is 24.9 Å². The van der Waals surface area contributed by atoms with Gasteiger partial charge in [0.1, 0.15) is 0 Å². The first-order valence-corrected chi connectivity index (χ1v) is 8.78. The molecule has 5 nitrogen and oxygen atoms in total. The van der Waals surface area contributed by atoms with Gasteiger partial charge in [-0.25, -0.2) is 0 Å². The Balaban J connectivity index is 1.76. The van der Waals surface area contributed by atoms with Crippen LogP contribution in [0.3, 0.4) is 0 Å². The molecular weight excluding hydrogens is 350 g/mol. The van der Waals surface area contributed by atoms with Crippen molar-refractivity contribution in [3.05, 3.63) is 64.2 Å². The Morgan fingerprint density at radius 3 is 2.42 bits per heavy atom. The molecule has 0 atom stereocenters. The predicted octanol–water partition coefficient (Wildman–Crippen LogP) is 3.14. The quantitative estimate of drug-likeness (QED) is 0.783. The van der Waals surface area contributed by atoms with Gasteiger partial charge in [0.2, 0.25) is 11.8 Å². The lowest BCUT2D eigenvalue weighted by atomic mass is 10.1. The van der Waals surface area contributed by atoms with E-state index >= 15 is 0 Å². The highest BCUT2D eigenvalue weighted by molar-refractivity contribution is 6.31. The van der Waals surface area contributed by atoms with E-state index in [0.29, 0.717) is 17.3 Å². The molecule has 2 aromatic carbocycles. The van der Waals surface area contributed by atoms with Crippen LogP contribution < -0.4 is 10.6 Å². The number of hydrogen-bond acceptors (Lipinski definition) is 3. The average Bonchev–Trinajstić information content (AvgIpc) is 2.59. The summed E-state index contributed by atoms with van der Waals surface area (Å²) in [5.41, 5.74) is 3.79. The second kappa shape index (κ2) is 9.36. The van der Waals surface area contributed by atoms with Crippen molar-refractivity contribution in [1.29, 1.82) is 0 Å². The van der Waals surface area contributed by atoms with Crippen LogP contribution in [0, 0.1) is 13.8 Å². The molecule has 0 spiro atoms. The van der Waals surface area contributed by atoms with E-state index in [1.165, 1.54) is 5.56 Å². The van der Waals surface area contributed by atoms with E-state index in [4.69, 9.17) is 11.6 Å². The lowest BCUT2D eigenvalue weighted by molar-refractivity contribution is -0.124. The van der Waals surface area contributed by atoms with E-state index < -0.39 is 0 Å². The first-order chi connectivity index (χ1) is 12.3. The molecule has 0 heterocycles. The molecule has 0 saturated carbocycles. The number of anilines is 1. The van der Waals surface area contributed by atoms with Crippen LogP contribution in [0.1, 0.15) is 16.7 Å². The summed E-state index contributed by atoms with van der Waals surface area (Å²) in [6.45, 7) is 4.68. The van der Waals surface area contributed by atoms with Gasteiger partial charge in [0.05, 0.1) is 13.1 Å². The summed E-state index contributed by atoms with van der Waals surface area (Å²) in [6, 6.07) is 13.5. The van der Waals surface area contributed by atoms with Gasteiger partial charge in [0, 0.05) is 17.3 Å². The number of nitrogens with one attached hydrogen (secondary N) is 2. The molecule has 0 aromatic heterocycles. The van der Waals surface area contributed by atoms with Gasteiger partial charge in [0.15, 0.2) is 0 Å². The molecule has 0 aliphatic carbocycles.